The molecule has 1 unspecified atom stereocenters. The van der Waals surface area contributed by atoms with E-state index in [1.807, 2.05) is 0 Å². The molecule has 13 heteroatoms. The number of halogens is 3. The van der Waals surface area contributed by atoms with Crippen LogP contribution in [0.3, 0.4) is 0 Å². The molecule has 27 heavy (non-hydrogen) atoms. The van der Waals surface area contributed by atoms with Crippen molar-refractivity contribution in [1.82, 2.24) is 0 Å². The van der Waals surface area contributed by atoms with Gasteiger partial charge in [0.25, 0.3) is 0 Å². The van der Waals surface area contributed by atoms with Crippen molar-refractivity contribution in [2.45, 2.75) is 43.6 Å². The molecule has 0 aromatic rings. The molecule has 0 aromatic heterocycles. The van der Waals surface area contributed by atoms with E-state index >= 15 is 0 Å². The van der Waals surface area contributed by atoms with Crippen molar-refractivity contribution in [2.75, 3.05) is 49.2 Å². The molecule has 0 aliphatic carbocycles. The van der Waals surface area contributed by atoms with Crippen molar-refractivity contribution in [3.05, 3.63) is 0 Å². The molecule has 0 aliphatic rings. The molecule has 0 saturated carbocycles. The largest absolute Gasteiger partial charge is 0.500 e. The third-order valence-corrected chi connectivity index (χ3v) is 9.43. The van der Waals surface area contributed by atoms with Gasteiger partial charge in [-0.3, -0.25) is 0 Å². The molecule has 0 bridgehead atoms. The summed E-state index contributed by atoms with van der Waals surface area (Å²) < 4.78 is 65.8. The fourth-order valence-electron chi connectivity index (χ4n) is 2.13. The van der Waals surface area contributed by atoms with E-state index in [1.165, 1.54) is 21.3 Å². The van der Waals surface area contributed by atoms with Crippen LogP contribution < -0.4 is 11.5 Å². The Morgan fingerprint density at radius 1 is 0.741 bits per heavy atom. The van der Waals surface area contributed by atoms with Crippen LogP contribution in [0.1, 0.15) is 19.3 Å². The lowest BCUT2D eigenvalue weighted by molar-refractivity contribution is -0.132. The zero-order chi connectivity index (χ0) is 21.6. The maximum absolute atomic E-state index is 11.9. The van der Waals surface area contributed by atoms with Crippen LogP contribution in [0.2, 0.25) is 12.1 Å². The van der Waals surface area contributed by atoms with E-state index in [0.717, 1.165) is 18.9 Å². The zero-order valence-electron chi connectivity index (χ0n) is 17.1. The third kappa shape index (κ3) is 12.9. The SMILES string of the molecule is CO[Si](CCC(F)(F)F)(OC)OC.CO[Si](CCC(N)CCN)(OC)OC. The van der Waals surface area contributed by atoms with Gasteiger partial charge < -0.3 is 38.0 Å². The highest BCUT2D eigenvalue weighted by Crippen LogP contribution is 2.26. The summed E-state index contributed by atoms with van der Waals surface area (Å²) in [6.45, 7) is 0.614. The van der Waals surface area contributed by atoms with Crippen LogP contribution in [-0.2, 0) is 26.6 Å². The molecule has 166 valence electrons. The third-order valence-electron chi connectivity index (χ3n) is 3.94. The summed E-state index contributed by atoms with van der Waals surface area (Å²) in [5.74, 6) is 0. The second kappa shape index (κ2) is 14.8. The zero-order valence-corrected chi connectivity index (χ0v) is 19.1. The standard InChI is InChI=1S/C8H22N2O3Si.C6H13F3O3Si/c1-11-14(12-2,13-3)7-5-8(10)4-6-9;1-10-13(11-2,12-3)5-4-6(7,8)9/h8H,4-7,9-10H2,1-3H3;4-5H2,1-3H3. The topological polar surface area (TPSA) is 107 Å². The van der Waals surface area contributed by atoms with Crippen molar-refractivity contribution in [3.63, 3.8) is 0 Å². The van der Waals surface area contributed by atoms with Gasteiger partial charge >= 0.3 is 23.8 Å². The summed E-state index contributed by atoms with van der Waals surface area (Å²) in [5.41, 5.74) is 11.2. The molecule has 0 fully saturated rings. The number of nitrogens with two attached hydrogens (primary N) is 2. The fraction of sp³-hybridized carbons (Fsp3) is 1.00. The van der Waals surface area contributed by atoms with Crippen LogP contribution in [0, 0.1) is 0 Å². The molecule has 1 atom stereocenters. The monoisotopic (exact) mass is 440 g/mol. The van der Waals surface area contributed by atoms with Crippen LogP contribution in [0.25, 0.3) is 0 Å². The van der Waals surface area contributed by atoms with Crippen LogP contribution in [-0.4, -0.2) is 79.0 Å². The number of hydrogen-bond donors (Lipinski definition) is 2. The first-order valence-electron chi connectivity index (χ1n) is 8.36. The quantitative estimate of drug-likeness (QED) is 0.417. The summed E-state index contributed by atoms with van der Waals surface area (Å²) in [6.07, 6.45) is -3.51. The average molecular weight is 441 g/mol. The van der Waals surface area contributed by atoms with E-state index in [9.17, 15) is 13.2 Å². The Balaban J connectivity index is 0. The van der Waals surface area contributed by atoms with E-state index < -0.39 is 30.2 Å². The lowest BCUT2D eigenvalue weighted by Gasteiger charge is -2.25. The maximum atomic E-state index is 11.9. The first-order valence-corrected chi connectivity index (χ1v) is 12.2. The second-order valence-electron chi connectivity index (χ2n) is 5.58. The number of rotatable bonds is 13. The summed E-state index contributed by atoms with van der Waals surface area (Å²) in [4.78, 5) is 0. The molecule has 0 aromatic carbocycles. The van der Waals surface area contributed by atoms with Gasteiger partial charge in [-0.15, -0.1) is 0 Å². The van der Waals surface area contributed by atoms with Crippen molar-refractivity contribution >= 4 is 17.6 Å². The van der Waals surface area contributed by atoms with Gasteiger partial charge in [0, 0.05) is 67.2 Å². The lowest BCUT2D eigenvalue weighted by Crippen LogP contribution is -2.44. The van der Waals surface area contributed by atoms with Crippen molar-refractivity contribution in [2.24, 2.45) is 11.5 Å². The van der Waals surface area contributed by atoms with Gasteiger partial charge in [0.05, 0.1) is 0 Å². The first-order chi connectivity index (χ1) is 12.5. The Morgan fingerprint density at radius 2 is 1.11 bits per heavy atom. The van der Waals surface area contributed by atoms with Gasteiger partial charge in [0.2, 0.25) is 0 Å². The number of hydrogen-bond acceptors (Lipinski definition) is 8. The van der Waals surface area contributed by atoms with Crippen LogP contribution in [0.15, 0.2) is 0 Å². The summed E-state index contributed by atoms with van der Waals surface area (Å²) in [7, 11) is 3.20. The Morgan fingerprint density at radius 3 is 1.41 bits per heavy atom. The smallest absolute Gasteiger partial charge is 0.377 e. The fourth-order valence-corrected chi connectivity index (χ4v) is 5.67. The van der Waals surface area contributed by atoms with Gasteiger partial charge in [0.1, 0.15) is 0 Å². The second-order valence-corrected chi connectivity index (χ2v) is 11.8. The van der Waals surface area contributed by atoms with Crippen LogP contribution >= 0.6 is 0 Å². The maximum Gasteiger partial charge on any atom is 0.500 e. The normalized spacial score (nSPS) is 13.9. The molecule has 0 amide bonds. The molecule has 8 nitrogen and oxygen atoms in total. The molecule has 0 spiro atoms. The van der Waals surface area contributed by atoms with Gasteiger partial charge in [-0.05, 0) is 19.4 Å². The van der Waals surface area contributed by atoms with E-state index in [4.69, 9.17) is 38.0 Å². The molecule has 0 saturated heterocycles. The highest BCUT2D eigenvalue weighted by Gasteiger charge is 2.42. The Hall–Kier alpha value is -0.0962. The Labute approximate surface area is 162 Å². The highest BCUT2D eigenvalue weighted by atomic mass is 28.4. The van der Waals surface area contributed by atoms with Gasteiger partial charge in [-0.1, -0.05) is 0 Å². The number of alkyl halides is 3. The Bertz CT molecular complexity index is 346. The molecule has 0 radical (unpaired) electrons. The van der Waals surface area contributed by atoms with Gasteiger partial charge in [-0.2, -0.15) is 13.2 Å². The molecule has 0 heterocycles. The van der Waals surface area contributed by atoms with Gasteiger partial charge in [-0.25, -0.2) is 0 Å². The summed E-state index contributed by atoms with van der Waals surface area (Å²) in [5, 5.41) is 0. The highest BCUT2D eigenvalue weighted by molar-refractivity contribution is 6.60. The molecular weight excluding hydrogens is 405 g/mol. The Kier molecular flexibility index (Phi) is 16.0. The van der Waals surface area contributed by atoms with Crippen LogP contribution in [0.5, 0.6) is 0 Å². The molecule has 0 rings (SSSR count). The minimum absolute atomic E-state index is 0.104. The van der Waals surface area contributed by atoms with Crippen molar-refractivity contribution < 1.29 is 39.7 Å². The van der Waals surface area contributed by atoms with E-state index in [2.05, 4.69) is 0 Å². The van der Waals surface area contributed by atoms with Crippen molar-refractivity contribution in [1.29, 1.82) is 0 Å². The molecule has 0 aliphatic heterocycles. The lowest BCUT2D eigenvalue weighted by atomic mass is 10.2. The first kappa shape index (κ1) is 29.1. The summed E-state index contributed by atoms with van der Waals surface area (Å²) >= 11 is 0. The minimum atomic E-state index is -4.20. The average Bonchev–Trinajstić information content (AvgIpc) is 2.65. The van der Waals surface area contributed by atoms with Crippen molar-refractivity contribution in [3.8, 4) is 0 Å². The predicted molar refractivity (Wildman–Crippen MR) is 100 cm³/mol. The summed E-state index contributed by atoms with van der Waals surface area (Å²) in [6, 6.07) is 0.588. The molecule has 4 N–H and O–H groups in total. The van der Waals surface area contributed by atoms with Crippen LogP contribution in [0.4, 0.5) is 13.2 Å². The van der Waals surface area contributed by atoms with Gasteiger partial charge in [0.15, 0.2) is 0 Å². The minimum Gasteiger partial charge on any atom is -0.377 e. The predicted octanol–water partition coefficient (Wildman–Crippen LogP) is 1.75. The molecular formula is C14H35F3N2O6Si2. The van der Waals surface area contributed by atoms with E-state index in [1.54, 1.807) is 21.3 Å². The van der Waals surface area contributed by atoms with E-state index in [0.29, 0.717) is 6.54 Å². The van der Waals surface area contributed by atoms with E-state index in [-0.39, 0.29) is 12.1 Å².